The number of hydrogen-bond donors (Lipinski definition) is 3. The summed E-state index contributed by atoms with van der Waals surface area (Å²) in [7, 11) is 0. The first kappa shape index (κ1) is 10.4. The van der Waals surface area contributed by atoms with Crippen LogP contribution in [0.25, 0.3) is 0 Å². The molecule has 1 aliphatic carbocycles. The van der Waals surface area contributed by atoms with Gasteiger partial charge in [0.05, 0.1) is 11.8 Å². The predicted molar refractivity (Wildman–Crippen MR) is 53.3 cm³/mol. The van der Waals surface area contributed by atoms with E-state index < -0.39 is 11.9 Å². The van der Waals surface area contributed by atoms with Crippen LogP contribution in [-0.2, 0) is 9.59 Å². The molecule has 84 valence electrons. The van der Waals surface area contributed by atoms with E-state index in [2.05, 4.69) is 10.6 Å². The Hall–Kier alpha value is -1.10. The van der Waals surface area contributed by atoms with Crippen LogP contribution < -0.4 is 10.6 Å². The number of carboxylic acids is 1. The third-order valence-electron chi connectivity index (χ3n) is 3.13. The molecule has 0 aromatic carbocycles. The van der Waals surface area contributed by atoms with E-state index in [-0.39, 0.29) is 17.9 Å². The molecule has 2 unspecified atom stereocenters. The molecule has 3 N–H and O–H groups in total. The molecule has 0 aromatic rings. The topological polar surface area (TPSA) is 78.4 Å². The molecule has 0 aromatic heterocycles. The van der Waals surface area contributed by atoms with E-state index in [1.807, 2.05) is 0 Å². The highest BCUT2D eigenvalue weighted by molar-refractivity contribution is 5.89. The minimum atomic E-state index is -0.847. The maximum Gasteiger partial charge on any atom is 0.307 e. The van der Waals surface area contributed by atoms with E-state index >= 15 is 0 Å². The van der Waals surface area contributed by atoms with Crippen molar-refractivity contribution in [3.8, 4) is 0 Å². The zero-order chi connectivity index (χ0) is 10.8. The number of carbonyl (C=O) groups is 2. The van der Waals surface area contributed by atoms with Crippen LogP contribution in [-0.4, -0.2) is 36.1 Å². The molecule has 1 heterocycles. The summed E-state index contributed by atoms with van der Waals surface area (Å²) in [5.41, 5.74) is 0. The average molecular weight is 212 g/mol. The third-order valence-corrected chi connectivity index (χ3v) is 3.13. The summed E-state index contributed by atoms with van der Waals surface area (Å²) in [4.78, 5) is 22.2. The molecular formula is C10H16N2O3. The second-order valence-electron chi connectivity index (χ2n) is 4.32. The lowest BCUT2D eigenvalue weighted by Gasteiger charge is -2.23. The number of piperidine rings is 1. The van der Waals surface area contributed by atoms with Gasteiger partial charge in [0, 0.05) is 6.04 Å². The quantitative estimate of drug-likeness (QED) is 0.593. The molecule has 1 saturated carbocycles. The minimum absolute atomic E-state index is 0.0747. The van der Waals surface area contributed by atoms with E-state index in [9.17, 15) is 9.59 Å². The van der Waals surface area contributed by atoms with E-state index in [0.29, 0.717) is 6.42 Å². The smallest absolute Gasteiger partial charge is 0.307 e. The Morgan fingerprint density at radius 2 is 1.87 bits per heavy atom. The van der Waals surface area contributed by atoms with Gasteiger partial charge in [-0.25, -0.2) is 0 Å². The van der Waals surface area contributed by atoms with Crippen molar-refractivity contribution in [3.05, 3.63) is 0 Å². The molecule has 2 atom stereocenters. The van der Waals surface area contributed by atoms with Gasteiger partial charge in [0.15, 0.2) is 0 Å². The highest BCUT2D eigenvalue weighted by Gasteiger charge is 2.48. The summed E-state index contributed by atoms with van der Waals surface area (Å²) in [6, 6.07) is 0.230. The Balaban J connectivity index is 1.75. The van der Waals surface area contributed by atoms with Gasteiger partial charge in [0.25, 0.3) is 0 Å². The molecule has 2 fully saturated rings. The first-order chi connectivity index (χ1) is 7.18. The Bertz CT molecular complexity index is 274. The second kappa shape index (κ2) is 4.18. The van der Waals surface area contributed by atoms with Gasteiger partial charge in [-0.2, -0.15) is 0 Å². The number of carbonyl (C=O) groups excluding carboxylic acids is 1. The van der Waals surface area contributed by atoms with Gasteiger partial charge in [-0.05, 0) is 32.4 Å². The van der Waals surface area contributed by atoms with Gasteiger partial charge in [-0.1, -0.05) is 0 Å². The molecular weight excluding hydrogens is 196 g/mol. The summed E-state index contributed by atoms with van der Waals surface area (Å²) in [6.45, 7) is 1.86. The number of carboxylic acid groups (broad SMARTS) is 1. The molecule has 5 heteroatoms. The fraction of sp³-hybridized carbons (Fsp3) is 0.800. The lowest BCUT2D eigenvalue weighted by atomic mass is 10.1. The fourth-order valence-electron chi connectivity index (χ4n) is 2.03. The van der Waals surface area contributed by atoms with E-state index in [4.69, 9.17) is 5.11 Å². The zero-order valence-electron chi connectivity index (χ0n) is 8.53. The fourth-order valence-corrected chi connectivity index (χ4v) is 2.03. The van der Waals surface area contributed by atoms with Crippen LogP contribution >= 0.6 is 0 Å². The van der Waals surface area contributed by atoms with Crippen molar-refractivity contribution in [2.75, 3.05) is 13.1 Å². The van der Waals surface area contributed by atoms with Gasteiger partial charge < -0.3 is 15.7 Å². The van der Waals surface area contributed by atoms with E-state index in [1.165, 1.54) is 0 Å². The molecule has 0 bridgehead atoms. The van der Waals surface area contributed by atoms with Crippen LogP contribution in [0.2, 0.25) is 0 Å². The Kier molecular flexibility index (Phi) is 2.90. The summed E-state index contributed by atoms with van der Waals surface area (Å²) in [6.07, 6.45) is 2.39. The van der Waals surface area contributed by atoms with Gasteiger partial charge in [-0.15, -0.1) is 0 Å². The van der Waals surface area contributed by atoms with Crippen LogP contribution in [0.15, 0.2) is 0 Å². The van der Waals surface area contributed by atoms with Crippen molar-refractivity contribution >= 4 is 11.9 Å². The second-order valence-corrected chi connectivity index (χ2v) is 4.32. The Morgan fingerprint density at radius 3 is 2.40 bits per heavy atom. The standard InChI is InChI=1S/C10H16N2O3/c13-9(7-5-8(7)10(14)15)12-6-1-3-11-4-2-6/h6-8,11H,1-5H2,(H,12,13)(H,14,15). The van der Waals surface area contributed by atoms with E-state index in [1.54, 1.807) is 0 Å². The summed E-state index contributed by atoms with van der Waals surface area (Å²) in [5.74, 6) is -1.64. The molecule has 1 amide bonds. The lowest BCUT2D eigenvalue weighted by Crippen LogP contribution is -2.43. The average Bonchev–Trinajstić information content (AvgIpc) is 2.98. The lowest BCUT2D eigenvalue weighted by molar-refractivity contribution is -0.140. The summed E-state index contributed by atoms with van der Waals surface area (Å²) < 4.78 is 0. The number of rotatable bonds is 3. The molecule has 2 aliphatic rings. The van der Waals surface area contributed by atoms with Crippen molar-refractivity contribution in [3.63, 3.8) is 0 Å². The zero-order valence-corrected chi connectivity index (χ0v) is 8.53. The number of hydrogen-bond acceptors (Lipinski definition) is 3. The molecule has 2 rings (SSSR count). The van der Waals surface area contributed by atoms with Crippen LogP contribution in [0.5, 0.6) is 0 Å². The molecule has 1 aliphatic heterocycles. The SMILES string of the molecule is O=C(O)C1CC1C(=O)NC1CCNCC1. The number of nitrogens with one attached hydrogen (secondary N) is 2. The first-order valence-electron chi connectivity index (χ1n) is 5.42. The predicted octanol–water partition coefficient (Wildman–Crippen LogP) is -0.425. The molecule has 15 heavy (non-hydrogen) atoms. The minimum Gasteiger partial charge on any atom is -0.481 e. The monoisotopic (exact) mass is 212 g/mol. The molecule has 5 nitrogen and oxygen atoms in total. The van der Waals surface area contributed by atoms with Gasteiger partial charge in [0.1, 0.15) is 0 Å². The largest absolute Gasteiger partial charge is 0.481 e. The van der Waals surface area contributed by atoms with E-state index in [0.717, 1.165) is 25.9 Å². The molecule has 0 spiro atoms. The Labute approximate surface area is 88.2 Å². The van der Waals surface area contributed by atoms with Crippen molar-refractivity contribution in [1.82, 2.24) is 10.6 Å². The number of amides is 1. The van der Waals surface area contributed by atoms with Gasteiger partial charge in [-0.3, -0.25) is 9.59 Å². The van der Waals surface area contributed by atoms with Crippen molar-refractivity contribution in [2.45, 2.75) is 25.3 Å². The van der Waals surface area contributed by atoms with Gasteiger partial charge in [0.2, 0.25) is 5.91 Å². The number of aliphatic carboxylic acids is 1. The third kappa shape index (κ3) is 2.47. The van der Waals surface area contributed by atoms with Crippen LogP contribution in [0.4, 0.5) is 0 Å². The van der Waals surface area contributed by atoms with Crippen LogP contribution in [0.1, 0.15) is 19.3 Å². The normalized spacial score (nSPS) is 30.9. The highest BCUT2D eigenvalue weighted by Crippen LogP contribution is 2.38. The van der Waals surface area contributed by atoms with Crippen molar-refractivity contribution < 1.29 is 14.7 Å². The molecule has 1 saturated heterocycles. The van der Waals surface area contributed by atoms with Crippen LogP contribution in [0, 0.1) is 11.8 Å². The first-order valence-corrected chi connectivity index (χ1v) is 5.42. The maximum absolute atomic E-state index is 11.6. The summed E-state index contributed by atoms with van der Waals surface area (Å²) >= 11 is 0. The Morgan fingerprint density at radius 1 is 1.20 bits per heavy atom. The molecule has 0 radical (unpaired) electrons. The summed E-state index contributed by atoms with van der Waals surface area (Å²) in [5, 5.41) is 14.8. The van der Waals surface area contributed by atoms with Crippen molar-refractivity contribution in [1.29, 1.82) is 0 Å². The highest BCUT2D eigenvalue weighted by atomic mass is 16.4. The van der Waals surface area contributed by atoms with Crippen molar-refractivity contribution in [2.24, 2.45) is 11.8 Å². The van der Waals surface area contributed by atoms with Crippen LogP contribution in [0.3, 0.4) is 0 Å². The van der Waals surface area contributed by atoms with Gasteiger partial charge >= 0.3 is 5.97 Å². The maximum atomic E-state index is 11.6.